The molecule has 0 spiro atoms. The van der Waals surface area contributed by atoms with Gasteiger partial charge < -0.3 is 15.0 Å². The quantitative estimate of drug-likeness (QED) is 0.877. The second-order valence-corrected chi connectivity index (χ2v) is 5.22. The minimum absolute atomic E-state index is 0.0488. The van der Waals surface area contributed by atoms with Crippen molar-refractivity contribution < 1.29 is 9.53 Å². The van der Waals surface area contributed by atoms with E-state index in [1.165, 1.54) is 6.21 Å². The van der Waals surface area contributed by atoms with Crippen molar-refractivity contribution in [2.24, 2.45) is 0 Å². The fourth-order valence-electron chi connectivity index (χ4n) is 2.74. The number of ether oxygens (including phenoxy) is 1. The SMILES string of the molecule is N=Cc1ccc(OCC(=O)N2CCCC2)c2ccccc12. The molecule has 1 saturated heterocycles. The van der Waals surface area contributed by atoms with Crippen LogP contribution in [-0.4, -0.2) is 36.7 Å². The number of hydrogen-bond acceptors (Lipinski definition) is 3. The minimum atomic E-state index is 0.0488. The standard InChI is InChI=1S/C17H18N2O2/c18-11-13-7-8-16(15-6-2-1-5-14(13)15)21-12-17(20)19-9-3-4-10-19/h1-2,5-8,11,18H,3-4,9-10,12H2. The molecule has 0 aromatic heterocycles. The Bertz CT molecular complexity index is 676. The number of nitrogens with one attached hydrogen (secondary N) is 1. The van der Waals surface area contributed by atoms with Crippen LogP contribution in [0.1, 0.15) is 18.4 Å². The lowest BCUT2D eigenvalue weighted by molar-refractivity contribution is -0.132. The number of carbonyl (C=O) groups excluding carboxylic acids is 1. The molecule has 1 heterocycles. The lowest BCUT2D eigenvalue weighted by Crippen LogP contribution is -2.32. The Morgan fingerprint density at radius 3 is 2.57 bits per heavy atom. The third-order valence-corrected chi connectivity index (χ3v) is 3.88. The Labute approximate surface area is 123 Å². The number of amides is 1. The summed E-state index contributed by atoms with van der Waals surface area (Å²) in [5.74, 6) is 0.747. The fourth-order valence-corrected chi connectivity index (χ4v) is 2.74. The maximum atomic E-state index is 12.0. The van der Waals surface area contributed by atoms with Gasteiger partial charge in [0.1, 0.15) is 5.75 Å². The molecule has 0 unspecified atom stereocenters. The summed E-state index contributed by atoms with van der Waals surface area (Å²) in [6, 6.07) is 11.5. The number of hydrogen-bond donors (Lipinski definition) is 1. The van der Waals surface area contributed by atoms with Crippen LogP contribution in [0.25, 0.3) is 10.8 Å². The average molecular weight is 282 g/mol. The molecule has 0 bridgehead atoms. The highest BCUT2D eigenvalue weighted by atomic mass is 16.5. The van der Waals surface area contributed by atoms with Crippen molar-refractivity contribution >= 4 is 22.9 Å². The van der Waals surface area contributed by atoms with Gasteiger partial charge in [-0.25, -0.2) is 0 Å². The molecule has 4 heteroatoms. The fraction of sp³-hybridized carbons (Fsp3) is 0.294. The lowest BCUT2D eigenvalue weighted by atomic mass is 10.0. The molecule has 0 saturated carbocycles. The van der Waals surface area contributed by atoms with Crippen LogP contribution in [0.15, 0.2) is 36.4 Å². The number of carbonyl (C=O) groups is 1. The van der Waals surface area contributed by atoms with Crippen LogP contribution in [0.4, 0.5) is 0 Å². The number of rotatable bonds is 4. The summed E-state index contributed by atoms with van der Waals surface area (Å²) in [7, 11) is 0. The van der Waals surface area contributed by atoms with Crippen molar-refractivity contribution in [2.75, 3.05) is 19.7 Å². The summed E-state index contributed by atoms with van der Waals surface area (Å²) in [5, 5.41) is 9.36. The van der Waals surface area contributed by atoms with E-state index in [4.69, 9.17) is 10.1 Å². The molecule has 4 nitrogen and oxygen atoms in total. The van der Waals surface area contributed by atoms with Crippen molar-refractivity contribution in [3.63, 3.8) is 0 Å². The van der Waals surface area contributed by atoms with Gasteiger partial charge in [-0.05, 0) is 30.4 Å². The predicted octanol–water partition coefficient (Wildman–Crippen LogP) is 2.84. The molecular formula is C17H18N2O2. The third kappa shape index (κ3) is 2.75. The van der Waals surface area contributed by atoms with Crippen molar-refractivity contribution in [3.8, 4) is 5.75 Å². The van der Waals surface area contributed by atoms with Crippen LogP contribution in [0.5, 0.6) is 5.75 Å². The second-order valence-electron chi connectivity index (χ2n) is 5.22. The Hall–Kier alpha value is -2.36. The summed E-state index contributed by atoms with van der Waals surface area (Å²) < 4.78 is 5.73. The normalized spacial score (nSPS) is 14.4. The molecule has 1 N–H and O–H groups in total. The van der Waals surface area contributed by atoms with Gasteiger partial charge in [-0.3, -0.25) is 4.79 Å². The molecule has 21 heavy (non-hydrogen) atoms. The second kappa shape index (κ2) is 5.95. The van der Waals surface area contributed by atoms with Gasteiger partial charge in [0.25, 0.3) is 5.91 Å². The number of benzene rings is 2. The van der Waals surface area contributed by atoms with E-state index < -0.39 is 0 Å². The molecule has 2 aromatic carbocycles. The molecule has 0 atom stereocenters. The van der Waals surface area contributed by atoms with Gasteiger partial charge in [-0.2, -0.15) is 0 Å². The molecule has 108 valence electrons. The monoisotopic (exact) mass is 282 g/mol. The predicted molar refractivity (Wildman–Crippen MR) is 83.1 cm³/mol. The summed E-state index contributed by atoms with van der Waals surface area (Å²) in [5.41, 5.74) is 0.851. The molecule has 0 radical (unpaired) electrons. The van der Waals surface area contributed by atoms with Crippen molar-refractivity contribution in [1.29, 1.82) is 5.41 Å². The molecule has 0 aliphatic carbocycles. The largest absolute Gasteiger partial charge is 0.483 e. The maximum absolute atomic E-state index is 12.0. The number of fused-ring (bicyclic) bond motifs is 1. The Kier molecular flexibility index (Phi) is 3.86. The Morgan fingerprint density at radius 2 is 1.86 bits per heavy atom. The van der Waals surface area contributed by atoms with E-state index in [1.54, 1.807) is 0 Å². The molecule has 1 fully saturated rings. The molecule has 1 aliphatic rings. The van der Waals surface area contributed by atoms with Gasteiger partial charge in [-0.1, -0.05) is 24.3 Å². The van der Waals surface area contributed by atoms with Gasteiger partial charge in [0.05, 0.1) is 0 Å². The number of nitrogens with zero attached hydrogens (tertiary/aromatic N) is 1. The van der Waals surface area contributed by atoms with Gasteiger partial charge in [0.15, 0.2) is 6.61 Å². The lowest BCUT2D eigenvalue weighted by Gasteiger charge is -2.16. The zero-order valence-corrected chi connectivity index (χ0v) is 11.8. The molecule has 1 amide bonds. The maximum Gasteiger partial charge on any atom is 0.260 e. The smallest absolute Gasteiger partial charge is 0.260 e. The molecule has 2 aromatic rings. The van der Waals surface area contributed by atoms with E-state index in [-0.39, 0.29) is 12.5 Å². The first-order chi connectivity index (χ1) is 10.3. The van der Waals surface area contributed by atoms with Gasteiger partial charge in [-0.15, -0.1) is 0 Å². The number of likely N-dealkylation sites (tertiary alicyclic amines) is 1. The zero-order valence-electron chi connectivity index (χ0n) is 11.8. The molecule has 1 aliphatic heterocycles. The van der Waals surface area contributed by atoms with E-state index in [0.717, 1.165) is 42.3 Å². The van der Waals surface area contributed by atoms with Crippen molar-refractivity contribution in [2.45, 2.75) is 12.8 Å². The first-order valence-electron chi connectivity index (χ1n) is 7.22. The average Bonchev–Trinajstić information content (AvgIpc) is 3.06. The van der Waals surface area contributed by atoms with Gasteiger partial charge >= 0.3 is 0 Å². The molecular weight excluding hydrogens is 264 g/mol. The highest BCUT2D eigenvalue weighted by Crippen LogP contribution is 2.27. The van der Waals surface area contributed by atoms with E-state index in [0.29, 0.717) is 5.75 Å². The highest BCUT2D eigenvalue weighted by Gasteiger charge is 2.18. The van der Waals surface area contributed by atoms with Crippen LogP contribution >= 0.6 is 0 Å². The summed E-state index contributed by atoms with van der Waals surface area (Å²) in [6.45, 7) is 1.76. The van der Waals surface area contributed by atoms with Crippen LogP contribution in [0, 0.1) is 5.41 Å². The van der Waals surface area contributed by atoms with Crippen LogP contribution in [-0.2, 0) is 4.79 Å². The first kappa shape index (κ1) is 13.6. The zero-order chi connectivity index (χ0) is 14.7. The minimum Gasteiger partial charge on any atom is -0.483 e. The summed E-state index contributed by atoms with van der Waals surface area (Å²) >= 11 is 0. The van der Waals surface area contributed by atoms with E-state index in [9.17, 15) is 4.79 Å². The van der Waals surface area contributed by atoms with Crippen molar-refractivity contribution in [1.82, 2.24) is 4.90 Å². The first-order valence-corrected chi connectivity index (χ1v) is 7.22. The van der Waals surface area contributed by atoms with Gasteiger partial charge in [0.2, 0.25) is 0 Å². The van der Waals surface area contributed by atoms with Crippen molar-refractivity contribution in [3.05, 3.63) is 42.0 Å². The topological polar surface area (TPSA) is 53.4 Å². The van der Waals surface area contributed by atoms with Gasteiger partial charge in [0, 0.05) is 30.3 Å². The van der Waals surface area contributed by atoms with E-state index >= 15 is 0 Å². The Balaban J connectivity index is 1.81. The summed E-state index contributed by atoms with van der Waals surface area (Å²) in [6.07, 6.45) is 3.51. The highest BCUT2D eigenvalue weighted by molar-refractivity contribution is 6.01. The van der Waals surface area contributed by atoms with Crippen LogP contribution in [0.3, 0.4) is 0 Å². The van der Waals surface area contributed by atoms with Crippen LogP contribution < -0.4 is 4.74 Å². The van der Waals surface area contributed by atoms with Crippen LogP contribution in [0.2, 0.25) is 0 Å². The Morgan fingerprint density at radius 1 is 1.14 bits per heavy atom. The third-order valence-electron chi connectivity index (χ3n) is 3.88. The van der Waals surface area contributed by atoms with E-state index in [2.05, 4.69) is 0 Å². The molecule has 3 rings (SSSR count). The van der Waals surface area contributed by atoms with E-state index in [1.807, 2.05) is 41.3 Å². The summed E-state index contributed by atoms with van der Waals surface area (Å²) in [4.78, 5) is 13.9.